The summed E-state index contributed by atoms with van der Waals surface area (Å²) in [4.78, 5) is 39.9. The van der Waals surface area contributed by atoms with E-state index in [4.69, 9.17) is 20.9 Å². The highest BCUT2D eigenvalue weighted by Gasteiger charge is 2.07. The molecule has 0 fully saturated rings. The molecule has 8 N–H and O–H groups in total. The van der Waals surface area contributed by atoms with Crippen molar-refractivity contribution in [1.29, 1.82) is 0 Å². The van der Waals surface area contributed by atoms with E-state index in [9.17, 15) is 9.59 Å². The van der Waals surface area contributed by atoms with Crippen molar-refractivity contribution in [1.82, 2.24) is 19.9 Å². The normalized spacial score (nSPS) is 9.67. The van der Waals surface area contributed by atoms with Gasteiger partial charge in [-0.3, -0.25) is 0 Å². The zero-order chi connectivity index (χ0) is 38.1. The van der Waals surface area contributed by atoms with Crippen LogP contribution in [0.4, 0.5) is 44.2 Å². The van der Waals surface area contributed by atoms with Crippen molar-refractivity contribution in [3.8, 4) is 35.2 Å². The number of methoxy groups -OCH3 is 2. The van der Waals surface area contributed by atoms with E-state index >= 15 is 0 Å². The molecule has 268 valence electrons. The van der Waals surface area contributed by atoms with E-state index in [-0.39, 0.29) is 24.0 Å². The lowest BCUT2D eigenvalue weighted by Crippen LogP contribution is -2.19. The number of aromatic nitrogens is 4. The SMILES string of the molecule is COc1ccc(NC(=O)Nc2cccc(C#Cc3cnc(N)nc3)c2)cc1.COc1ccccc1NC(=O)Nc1cccc(C#Cc2cnc(N)nc2)c1. The first kappa shape index (κ1) is 37.2. The van der Waals surface area contributed by atoms with Crippen molar-refractivity contribution >= 4 is 46.7 Å². The Bertz CT molecular complexity index is 2330. The summed E-state index contributed by atoms with van der Waals surface area (Å²) in [5.41, 5.74) is 16.2. The third-order valence-corrected chi connectivity index (χ3v) is 6.99. The number of nitrogens with zero attached hydrogens (tertiary/aromatic N) is 4. The van der Waals surface area contributed by atoms with Crippen molar-refractivity contribution in [2.45, 2.75) is 0 Å². The topological polar surface area (TPSA) is 204 Å². The number of hydrogen-bond donors (Lipinski definition) is 6. The zero-order valence-corrected chi connectivity index (χ0v) is 29.1. The van der Waals surface area contributed by atoms with E-state index in [0.717, 1.165) is 16.9 Å². The summed E-state index contributed by atoms with van der Waals surface area (Å²) >= 11 is 0. The van der Waals surface area contributed by atoms with Crippen molar-refractivity contribution in [2.75, 3.05) is 47.0 Å². The number of amides is 4. The van der Waals surface area contributed by atoms with Gasteiger partial charge in [-0.2, -0.15) is 0 Å². The van der Waals surface area contributed by atoms with E-state index in [1.165, 1.54) is 0 Å². The average Bonchev–Trinajstić information content (AvgIpc) is 3.18. The maximum absolute atomic E-state index is 12.2. The first-order valence-corrected chi connectivity index (χ1v) is 16.1. The molecule has 14 nitrogen and oxygen atoms in total. The Labute approximate surface area is 311 Å². The summed E-state index contributed by atoms with van der Waals surface area (Å²) in [7, 11) is 3.14. The fourth-order valence-corrected chi connectivity index (χ4v) is 4.44. The number of hydrogen-bond acceptors (Lipinski definition) is 10. The Morgan fingerprint density at radius 2 is 0.981 bits per heavy atom. The van der Waals surface area contributed by atoms with Gasteiger partial charge >= 0.3 is 12.1 Å². The molecule has 0 unspecified atom stereocenters. The van der Waals surface area contributed by atoms with Gasteiger partial charge in [-0.1, -0.05) is 47.9 Å². The standard InChI is InChI=1S/2C20H17N5O2/c1-27-18-8-3-2-7-17(18)25-20(26)24-16-6-4-5-14(11-16)9-10-15-12-22-19(21)23-13-15;1-27-18-9-7-16(8-10-18)24-20(26)25-17-4-2-3-14(11-17)5-6-15-12-22-19(21)23-13-15/h2-8,11-13H,1H3,(H2,21,22,23)(H2,24,25,26);2-4,7-13H,1H3,(H2,21,22,23)(H2,24,25,26). The maximum Gasteiger partial charge on any atom is 0.323 e. The van der Waals surface area contributed by atoms with Crippen LogP contribution in [0.5, 0.6) is 11.5 Å². The van der Waals surface area contributed by atoms with Crippen LogP contribution in [0.25, 0.3) is 0 Å². The summed E-state index contributed by atoms with van der Waals surface area (Å²) < 4.78 is 10.3. The largest absolute Gasteiger partial charge is 0.497 e. The van der Waals surface area contributed by atoms with Gasteiger partial charge in [0.05, 0.1) is 31.0 Å². The third-order valence-electron chi connectivity index (χ3n) is 6.99. The van der Waals surface area contributed by atoms with Crippen LogP contribution in [0.1, 0.15) is 22.3 Å². The van der Waals surface area contributed by atoms with Crippen LogP contribution in [-0.4, -0.2) is 46.2 Å². The predicted molar refractivity (Wildman–Crippen MR) is 209 cm³/mol. The number of nitrogens with two attached hydrogens (primary N) is 2. The number of benzene rings is 4. The maximum atomic E-state index is 12.2. The molecule has 4 amide bonds. The first-order chi connectivity index (χ1) is 26.3. The highest BCUT2D eigenvalue weighted by Crippen LogP contribution is 2.23. The summed E-state index contributed by atoms with van der Waals surface area (Å²) in [5, 5.41) is 11.1. The molecule has 0 aliphatic carbocycles. The molecule has 6 rings (SSSR count). The second-order valence-electron chi connectivity index (χ2n) is 10.9. The number of carbonyl (C=O) groups excluding carboxylic acids is 2. The second-order valence-corrected chi connectivity index (χ2v) is 10.9. The number of carbonyl (C=O) groups is 2. The molecule has 14 heteroatoms. The molecular weight excluding hydrogens is 685 g/mol. The molecular formula is C40H34N10O4. The lowest BCUT2D eigenvalue weighted by Gasteiger charge is -2.11. The molecule has 0 atom stereocenters. The van der Waals surface area contributed by atoms with Gasteiger partial charge in [0.25, 0.3) is 0 Å². The second kappa shape index (κ2) is 18.8. The lowest BCUT2D eigenvalue weighted by atomic mass is 10.2. The molecule has 54 heavy (non-hydrogen) atoms. The highest BCUT2D eigenvalue weighted by molar-refractivity contribution is 6.01. The molecule has 2 heterocycles. The summed E-state index contributed by atoms with van der Waals surface area (Å²) in [6, 6.07) is 27.9. The minimum absolute atomic E-state index is 0.202. The Balaban J connectivity index is 0.000000208. The van der Waals surface area contributed by atoms with Crippen molar-refractivity contribution < 1.29 is 19.1 Å². The molecule has 0 saturated heterocycles. The van der Waals surface area contributed by atoms with Gasteiger partial charge in [-0.05, 0) is 72.8 Å². The predicted octanol–water partition coefficient (Wildman–Crippen LogP) is 6.22. The fourth-order valence-electron chi connectivity index (χ4n) is 4.44. The molecule has 2 aromatic heterocycles. The van der Waals surface area contributed by atoms with Gasteiger partial charge in [-0.15, -0.1) is 0 Å². The number of ether oxygens (including phenoxy) is 2. The van der Waals surface area contributed by atoms with E-state index in [2.05, 4.69) is 64.9 Å². The van der Waals surface area contributed by atoms with Gasteiger partial charge in [-0.25, -0.2) is 29.5 Å². The van der Waals surface area contributed by atoms with Gasteiger partial charge < -0.3 is 42.2 Å². The monoisotopic (exact) mass is 718 g/mol. The Morgan fingerprint density at radius 1 is 0.519 bits per heavy atom. The fraction of sp³-hybridized carbons (Fsp3) is 0.0500. The van der Waals surface area contributed by atoms with Gasteiger partial charge in [0.1, 0.15) is 11.5 Å². The Kier molecular flexibility index (Phi) is 12.9. The van der Waals surface area contributed by atoms with E-state index < -0.39 is 0 Å². The smallest absolute Gasteiger partial charge is 0.323 e. The summed E-state index contributed by atoms with van der Waals surface area (Å²) in [6.07, 6.45) is 6.22. The van der Waals surface area contributed by atoms with Crippen LogP contribution in [0.3, 0.4) is 0 Å². The number of anilines is 6. The van der Waals surface area contributed by atoms with Crippen LogP contribution >= 0.6 is 0 Å². The van der Waals surface area contributed by atoms with Gasteiger partial charge in [0.15, 0.2) is 0 Å². The molecule has 0 bridgehead atoms. The Morgan fingerprint density at radius 3 is 1.48 bits per heavy atom. The van der Waals surface area contributed by atoms with Crippen LogP contribution in [0.2, 0.25) is 0 Å². The number of nitrogens with one attached hydrogen (secondary N) is 4. The molecule has 0 radical (unpaired) electrons. The molecule has 0 aliphatic rings. The minimum Gasteiger partial charge on any atom is -0.497 e. The number of para-hydroxylation sites is 2. The number of rotatable bonds is 6. The number of urea groups is 2. The quantitative estimate of drug-likeness (QED) is 0.107. The molecule has 0 aliphatic heterocycles. The van der Waals surface area contributed by atoms with E-state index in [1.54, 1.807) is 99.7 Å². The summed E-state index contributed by atoms with van der Waals surface area (Å²) in [5.74, 6) is 13.6. The first-order valence-electron chi connectivity index (χ1n) is 16.1. The average molecular weight is 719 g/mol. The van der Waals surface area contributed by atoms with Crippen molar-refractivity contribution in [2.24, 2.45) is 0 Å². The molecule has 4 aromatic carbocycles. The van der Waals surface area contributed by atoms with E-state index in [0.29, 0.717) is 39.6 Å². The van der Waals surface area contributed by atoms with Crippen molar-refractivity contribution in [3.05, 3.63) is 144 Å². The number of nitrogen functional groups attached to an aromatic ring is 2. The van der Waals surface area contributed by atoms with Gasteiger partial charge in [0, 0.05) is 53.0 Å². The zero-order valence-electron chi connectivity index (χ0n) is 29.1. The van der Waals surface area contributed by atoms with Crippen molar-refractivity contribution in [3.63, 3.8) is 0 Å². The van der Waals surface area contributed by atoms with Crippen LogP contribution in [0, 0.1) is 23.7 Å². The Hall–Kier alpha value is -8.10. The lowest BCUT2D eigenvalue weighted by molar-refractivity contribution is 0.261. The minimum atomic E-state index is -0.378. The van der Waals surface area contributed by atoms with Gasteiger partial charge in [0.2, 0.25) is 11.9 Å². The molecule has 0 saturated carbocycles. The van der Waals surface area contributed by atoms with Crippen LogP contribution in [0.15, 0.2) is 122 Å². The highest BCUT2D eigenvalue weighted by atomic mass is 16.5. The van der Waals surface area contributed by atoms with Crippen LogP contribution < -0.4 is 42.2 Å². The van der Waals surface area contributed by atoms with E-state index in [1.807, 2.05) is 36.4 Å². The third kappa shape index (κ3) is 11.8. The van der Waals surface area contributed by atoms with Crippen LogP contribution in [-0.2, 0) is 0 Å². The molecule has 0 spiro atoms. The molecule has 6 aromatic rings. The summed E-state index contributed by atoms with van der Waals surface area (Å²) in [6.45, 7) is 0.